The second-order valence-electron chi connectivity index (χ2n) is 9.11. The second-order valence-corrected chi connectivity index (χ2v) is 9.11. The lowest BCUT2D eigenvalue weighted by atomic mass is 9.78. The van der Waals surface area contributed by atoms with E-state index in [0.717, 1.165) is 0 Å². The normalized spacial score (nSPS) is 38.5. The van der Waals surface area contributed by atoms with Crippen LogP contribution in [-0.2, 0) is 23.8 Å². The van der Waals surface area contributed by atoms with E-state index in [1.165, 1.54) is 13.8 Å². The van der Waals surface area contributed by atoms with Crippen molar-refractivity contribution in [3.63, 3.8) is 0 Å². The molecule has 33 heavy (non-hydrogen) atoms. The SMILES string of the molecule is CC(=O)N[C@@H]1CC(N=[N+]=[N-])[C@@H](O[C@H]2OC(C(C)C)[C@@H](C)[C@H](C)C2N=[N+]=[N-])[C@H](O)C1OC(C)=O. The molecule has 13 nitrogen and oxygen atoms in total. The third-order valence-electron chi connectivity index (χ3n) is 6.42. The van der Waals surface area contributed by atoms with E-state index in [-0.39, 0.29) is 30.3 Å². The van der Waals surface area contributed by atoms with E-state index >= 15 is 0 Å². The van der Waals surface area contributed by atoms with Gasteiger partial charge in [0.1, 0.15) is 6.10 Å². The van der Waals surface area contributed by atoms with Crippen molar-refractivity contribution in [1.29, 1.82) is 0 Å². The van der Waals surface area contributed by atoms with E-state index in [0.29, 0.717) is 0 Å². The standard InChI is InChI=1S/C20H33N7O6/c1-8(2)17-10(4)9(3)15(25-27-22)20(32-17)33-19-14(24-26-21)7-13(23-11(5)28)18(16(19)30)31-12(6)29/h8-10,13-20,30H,7H2,1-6H3,(H,23,28)/t9-,10-,13+,14?,15?,16+,17?,18?,19+,20+/m0/s1. The van der Waals surface area contributed by atoms with Crippen molar-refractivity contribution in [2.75, 3.05) is 0 Å². The lowest BCUT2D eigenvalue weighted by Crippen LogP contribution is -2.63. The predicted molar refractivity (Wildman–Crippen MR) is 116 cm³/mol. The van der Waals surface area contributed by atoms with Gasteiger partial charge < -0.3 is 24.6 Å². The first kappa shape index (κ1) is 26.7. The van der Waals surface area contributed by atoms with Crippen molar-refractivity contribution in [1.82, 2.24) is 5.32 Å². The van der Waals surface area contributed by atoms with Crippen LogP contribution < -0.4 is 5.32 Å². The molecule has 1 heterocycles. The zero-order valence-corrected chi connectivity index (χ0v) is 19.7. The van der Waals surface area contributed by atoms with Crippen LogP contribution in [0.1, 0.15) is 48.0 Å². The molecule has 2 rings (SSSR count). The summed E-state index contributed by atoms with van der Waals surface area (Å²) in [5.74, 6) is -0.934. The molecule has 1 saturated carbocycles. The van der Waals surface area contributed by atoms with Crippen LogP contribution in [0.2, 0.25) is 0 Å². The van der Waals surface area contributed by atoms with Crippen molar-refractivity contribution in [2.24, 2.45) is 28.0 Å². The van der Waals surface area contributed by atoms with Gasteiger partial charge in [0, 0.05) is 23.7 Å². The zero-order valence-electron chi connectivity index (χ0n) is 19.7. The molecule has 0 aromatic rings. The number of aliphatic hydroxyl groups is 1. The predicted octanol–water partition coefficient (Wildman–Crippen LogP) is 2.58. The van der Waals surface area contributed by atoms with E-state index in [9.17, 15) is 14.7 Å². The number of nitrogens with one attached hydrogen (secondary N) is 1. The summed E-state index contributed by atoms with van der Waals surface area (Å²) in [5, 5.41) is 21.4. The maximum Gasteiger partial charge on any atom is 0.303 e. The van der Waals surface area contributed by atoms with Gasteiger partial charge in [0.05, 0.1) is 30.3 Å². The Morgan fingerprint density at radius 3 is 2.27 bits per heavy atom. The summed E-state index contributed by atoms with van der Waals surface area (Å²) < 4.78 is 17.6. The highest BCUT2D eigenvalue weighted by Crippen LogP contribution is 2.38. The number of esters is 1. The smallest absolute Gasteiger partial charge is 0.303 e. The molecule has 2 aliphatic rings. The quantitative estimate of drug-likeness (QED) is 0.250. The van der Waals surface area contributed by atoms with Crippen LogP contribution in [0.25, 0.3) is 20.9 Å². The Balaban J connectivity index is 2.40. The first-order valence-corrected chi connectivity index (χ1v) is 11.0. The maximum atomic E-state index is 11.7. The fourth-order valence-electron chi connectivity index (χ4n) is 4.75. The molecule has 1 aliphatic carbocycles. The number of azide groups is 2. The second kappa shape index (κ2) is 11.5. The van der Waals surface area contributed by atoms with Gasteiger partial charge in [-0.3, -0.25) is 9.59 Å². The van der Waals surface area contributed by atoms with Crippen molar-refractivity contribution < 1.29 is 28.9 Å². The minimum Gasteiger partial charge on any atom is -0.457 e. The number of aliphatic hydroxyl groups excluding tert-OH is 1. The molecule has 2 fully saturated rings. The molecule has 1 amide bonds. The van der Waals surface area contributed by atoms with Gasteiger partial charge in [0.25, 0.3) is 0 Å². The zero-order chi connectivity index (χ0) is 24.9. The molecule has 184 valence electrons. The average molecular weight is 468 g/mol. The van der Waals surface area contributed by atoms with Crippen LogP contribution in [0.5, 0.6) is 0 Å². The Morgan fingerprint density at radius 1 is 1.12 bits per heavy atom. The highest BCUT2D eigenvalue weighted by atomic mass is 16.7. The van der Waals surface area contributed by atoms with Gasteiger partial charge in [-0.1, -0.05) is 37.9 Å². The van der Waals surface area contributed by atoms with E-state index in [1.54, 1.807) is 0 Å². The molecule has 0 aromatic carbocycles. The Morgan fingerprint density at radius 2 is 1.76 bits per heavy atom. The van der Waals surface area contributed by atoms with Crippen LogP contribution >= 0.6 is 0 Å². The molecule has 0 aromatic heterocycles. The third kappa shape index (κ3) is 6.27. The molecule has 0 spiro atoms. The maximum absolute atomic E-state index is 11.7. The van der Waals surface area contributed by atoms with Gasteiger partial charge in [0.15, 0.2) is 12.4 Å². The van der Waals surface area contributed by atoms with Crippen molar-refractivity contribution in [3.8, 4) is 0 Å². The number of carbonyl (C=O) groups is 2. The van der Waals surface area contributed by atoms with Crippen LogP contribution in [0.3, 0.4) is 0 Å². The summed E-state index contributed by atoms with van der Waals surface area (Å²) in [6, 6.07) is -2.39. The number of hydrogen-bond acceptors (Lipinski definition) is 8. The molecule has 1 aliphatic heterocycles. The Bertz CT molecular complexity index is 813. The molecule has 0 radical (unpaired) electrons. The van der Waals surface area contributed by atoms with Gasteiger partial charge in [-0.15, -0.1) is 0 Å². The number of hydrogen-bond donors (Lipinski definition) is 2. The number of rotatable bonds is 7. The van der Waals surface area contributed by atoms with Gasteiger partial charge in [-0.25, -0.2) is 0 Å². The summed E-state index contributed by atoms with van der Waals surface area (Å²) in [6.07, 6.45) is -4.89. The molecule has 4 unspecified atom stereocenters. The molecule has 0 bridgehead atoms. The van der Waals surface area contributed by atoms with E-state index < -0.39 is 54.6 Å². The monoisotopic (exact) mass is 467 g/mol. The molecular weight excluding hydrogens is 434 g/mol. The molecular formula is C20H33N7O6. The Hall–Kier alpha value is -2.56. The van der Waals surface area contributed by atoms with Crippen LogP contribution in [0.4, 0.5) is 0 Å². The summed E-state index contributed by atoms with van der Waals surface area (Å²) in [5.41, 5.74) is 18.2. The topological polar surface area (TPSA) is 192 Å². The number of amides is 1. The lowest BCUT2D eigenvalue weighted by Gasteiger charge is -2.48. The van der Waals surface area contributed by atoms with Crippen molar-refractivity contribution in [3.05, 3.63) is 20.9 Å². The fourth-order valence-corrected chi connectivity index (χ4v) is 4.75. The van der Waals surface area contributed by atoms with E-state index in [4.69, 9.17) is 25.3 Å². The van der Waals surface area contributed by atoms with Gasteiger partial charge in [-0.05, 0) is 35.2 Å². The first-order valence-electron chi connectivity index (χ1n) is 11.0. The van der Waals surface area contributed by atoms with Crippen molar-refractivity contribution >= 4 is 11.9 Å². The highest BCUT2D eigenvalue weighted by molar-refractivity contribution is 5.73. The summed E-state index contributed by atoms with van der Waals surface area (Å²) in [6.45, 7) is 10.4. The fraction of sp³-hybridized carbons (Fsp3) is 0.900. The number of nitrogens with zero attached hydrogens (tertiary/aromatic N) is 6. The number of ether oxygens (including phenoxy) is 3. The minimum atomic E-state index is -1.45. The van der Waals surface area contributed by atoms with Crippen LogP contribution in [-0.4, -0.2) is 65.8 Å². The highest BCUT2D eigenvalue weighted by Gasteiger charge is 2.50. The third-order valence-corrected chi connectivity index (χ3v) is 6.42. The van der Waals surface area contributed by atoms with Gasteiger partial charge in [0.2, 0.25) is 5.91 Å². The van der Waals surface area contributed by atoms with Gasteiger partial charge >= 0.3 is 5.97 Å². The summed E-state index contributed by atoms with van der Waals surface area (Å²) >= 11 is 0. The first-order chi connectivity index (χ1) is 15.5. The van der Waals surface area contributed by atoms with Gasteiger partial charge in [-0.2, -0.15) is 0 Å². The van der Waals surface area contributed by atoms with E-state index in [2.05, 4.69) is 25.4 Å². The molecule has 10 atom stereocenters. The molecule has 1 saturated heterocycles. The Kier molecular flexibility index (Phi) is 9.33. The average Bonchev–Trinajstić information content (AvgIpc) is 2.72. The minimum absolute atomic E-state index is 0.0573. The largest absolute Gasteiger partial charge is 0.457 e. The van der Waals surface area contributed by atoms with E-state index in [1.807, 2.05) is 27.7 Å². The van der Waals surface area contributed by atoms with Crippen LogP contribution in [0, 0.1) is 17.8 Å². The summed E-state index contributed by atoms with van der Waals surface area (Å²) in [4.78, 5) is 29.1. The molecule has 13 heteroatoms. The van der Waals surface area contributed by atoms with Crippen LogP contribution in [0.15, 0.2) is 10.2 Å². The van der Waals surface area contributed by atoms with Crippen molar-refractivity contribution in [2.45, 2.75) is 96.8 Å². The lowest BCUT2D eigenvalue weighted by molar-refractivity contribution is -0.278. The Labute approximate surface area is 192 Å². The summed E-state index contributed by atoms with van der Waals surface area (Å²) in [7, 11) is 0. The molecule has 2 N–H and O–H groups in total. The number of carbonyl (C=O) groups excluding carboxylic acids is 2.